The van der Waals surface area contributed by atoms with Gasteiger partial charge in [-0.25, -0.2) is 5.06 Å². The van der Waals surface area contributed by atoms with E-state index in [2.05, 4.69) is 32.6 Å². The number of ether oxygens (including phenoxy) is 6. The van der Waals surface area contributed by atoms with Crippen LogP contribution in [0.1, 0.15) is 117 Å². The van der Waals surface area contributed by atoms with Gasteiger partial charge in [0, 0.05) is 87.0 Å². The van der Waals surface area contributed by atoms with Crippen molar-refractivity contribution in [1.29, 1.82) is 0 Å². The van der Waals surface area contributed by atoms with E-state index in [-0.39, 0.29) is 84.8 Å². The molecule has 0 saturated carbocycles. The number of aryl methyl sites for hydroxylation is 1. The number of likely N-dealkylation sites (N-methyl/N-ethyl adjacent to an activating group) is 3. The number of carboxylic acids is 4. The Morgan fingerprint density at radius 1 is 0.543 bits per heavy atom. The van der Waals surface area contributed by atoms with E-state index >= 15 is 0 Å². The van der Waals surface area contributed by atoms with Gasteiger partial charge in [0.25, 0.3) is 5.91 Å². The van der Waals surface area contributed by atoms with E-state index in [1.807, 2.05) is 152 Å². The van der Waals surface area contributed by atoms with Crippen LogP contribution in [0.2, 0.25) is 0 Å². The molecule has 11 rings (SSSR count). The van der Waals surface area contributed by atoms with E-state index in [1.165, 1.54) is 5.06 Å². The van der Waals surface area contributed by atoms with Gasteiger partial charge in [-0.2, -0.15) is 0 Å². The van der Waals surface area contributed by atoms with Gasteiger partial charge in [-0.05, 0) is 150 Å². The number of benzene rings is 5. The zero-order valence-corrected chi connectivity index (χ0v) is 56.4. The monoisotopic (exact) mass is 1300 g/mol. The Morgan fingerprint density at radius 2 is 1.00 bits per heavy atom. The molecule has 4 fully saturated rings. The van der Waals surface area contributed by atoms with Crippen molar-refractivity contribution in [1.82, 2.24) is 24.7 Å². The SMILES string of the molecule is CCCCN(OCCC)C(=O)CN1C[C@H](c2ccc3c(c2)CCO3)[C@@H](C(=O)O)[C@@H]1CCc1cccc2c1OCO2.COc1ccc([C@H]2CN(C)[C@@H](C)[C@@H]2C(=O)O)cc1.COc1ccc([C@H]2CN(C)[C@@H](C)[C@@H]2C(=O)O)cc1.COc1ccc([C@H]2CN(C)[C@@H](C)[C@@H]2C(=O)O)cc1. The number of hydroxylamine groups is 2. The highest BCUT2D eigenvalue weighted by Crippen LogP contribution is 2.44. The van der Waals surface area contributed by atoms with E-state index in [0.717, 1.165) is 107 Å². The molecule has 21 nitrogen and oxygen atoms in total. The molecule has 0 aromatic heterocycles. The Kier molecular flexibility index (Phi) is 25.6. The van der Waals surface area contributed by atoms with Crippen molar-refractivity contribution in [3.05, 3.63) is 143 Å². The number of para-hydroxylation sites is 1. The minimum atomic E-state index is -0.843. The number of amides is 1. The number of carboxylic acid groups (broad SMARTS) is 4. The Morgan fingerprint density at radius 3 is 1.44 bits per heavy atom. The molecule has 4 saturated heterocycles. The molecule has 6 aliphatic heterocycles. The number of aliphatic carboxylic acids is 4. The third-order valence-electron chi connectivity index (χ3n) is 20.0. The van der Waals surface area contributed by atoms with Crippen molar-refractivity contribution in [2.75, 3.05) is 102 Å². The molecule has 1 amide bonds. The number of carbonyl (C=O) groups excluding carboxylic acids is 1. The second-order valence-corrected chi connectivity index (χ2v) is 25.6. The fraction of sp³-hybridized carbons (Fsp3) is 0.521. The van der Waals surface area contributed by atoms with Crippen LogP contribution in [-0.2, 0) is 41.7 Å². The van der Waals surface area contributed by atoms with Gasteiger partial charge in [0.05, 0.1) is 64.8 Å². The predicted molar refractivity (Wildman–Crippen MR) is 355 cm³/mol. The molecule has 0 aliphatic carbocycles. The Labute approximate surface area is 553 Å². The van der Waals surface area contributed by atoms with Crippen molar-refractivity contribution in [3.63, 3.8) is 0 Å². The minimum absolute atomic E-state index is 0.0495. The second-order valence-electron chi connectivity index (χ2n) is 25.6. The Bertz CT molecular complexity index is 3110. The molecule has 0 bridgehead atoms. The summed E-state index contributed by atoms with van der Waals surface area (Å²) in [5.41, 5.74) is 6.29. The van der Waals surface area contributed by atoms with Crippen molar-refractivity contribution in [2.24, 2.45) is 23.7 Å². The third-order valence-corrected chi connectivity index (χ3v) is 20.0. The zero-order chi connectivity index (χ0) is 67.9. The van der Waals surface area contributed by atoms with Gasteiger partial charge < -0.3 is 63.5 Å². The fourth-order valence-corrected chi connectivity index (χ4v) is 14.4. The van der Waals surface area contributed by atoms with E-state index in [1.54, 1.807) is 21.3 Å². The lowest BCUT2D eigenvalue weighted by atomic mass is 9.83. The largest absolute Gasteiger partial charge is 0.497 e. The molecule has 6 aliphatic rings. The second kappa shape index (κ2) is 33.4. The predicted octanol–water partition coefficient (Wildman–Crippen LogP) is 9.86. The number of hydrogen-bond donors (Lipinski definition) is 4. The molecule has 5 aromatic rings. The van der Waals surface area contributed by atoms with Crippen LogP contribution in [0.3, 0.4) is 0 Å². The molecule has 6 heterocycles. The number of nitrogens with zero attached hydrogens (tertiary/aromatic N) is 5. The first-order chi connectivity index (χ1) is 45.1. The quantitative estimate of drug-likeness (QED) is 0.0471. The van der Waals surface area contributed by atoms with Crippen LogP contribution in [0.4, 0.5) is 0 Å². The highest BCUT2D eigenvalue weighted by Gasteiger charge is 2.49. The highest BCUT2D eigenvalue weighted by molar-refractivity contribution is 5.78. The fourth-order valence-electron chi connectivity index (χ4n) is 14.4. The highest BCUT2D eigenvalue weighted by atomic mass is 16.7. The molecule has 94 heavy (non-hydrogen) atoms. The van der Waals surface area contributed by atoms with Crippen molar-refractivity contribution < 1.29 is 77.7 Å². The molecule has 0 spiro atoms. The molecule has 0 unspecified atom stereocenters. The molecular formula is C73H97N5O16. The van der Waals surface area contributed by atoms with E-state index in [9.17, 15) is 44.4 Å². The number of hydrogen-bond acceptors (Lipinski definition) is 16. The topological polar surface area (TPSA) is 247 Å². The number of rotatable bonds is 22. The van der Waals surface area contributed by atoms with Crippen LogP contribution in [-0.4, -0.2) is 201 Å². The Balaban J connectivity index is 0.000000176. The van der Waals surface area contributed by atoms with Crippen molar-refractivity contribution in [3.8, 4) is 34.5 Å². The van der Waals surface area contributed by atoms with Gasteiger partial charge in [-0.15, -0.1) is 0 Å². The summed E-state index contributed by atoms with van der Waals surface area (Å²) in [6.07, 6.45) is 4.60. The van der Waals surface area contributed by atoms with Gasteiger partial charge in [0.2, 0.25) is 6.79 Å². The average Bonchev–Trinajstić information content (AvgIpc) is 1.64. The van der Waals surface area contributed by atoms with Crippen LogP contribution in [0.25, 0.3) is 0 Å². The van der Waals surface area contributed by atoms with Gasteiger partial charge in [-0.1, -0.05) is 80.9 Å². The minimum Gasteiger partial charge on any atom is -0.497 e. The zero-order valence-electron chi connectivity index (χ0n) is 56.4. The number of carbonyl (C=O) groups is 5. The lowest BCUT2D eigenvalue weighted by Gasteiger charge is -2.29. The Hall–Kier alpha value is -7.95. The van der Waals surface area contributed by atoms with Crippen LogP contribution in [0.15, 0.2) is 109 Å². The molecule has 4 N–H and O–H groups in total. The maximum absolute atomic E-state index is 13.5. The summed E-state index contributed by atoms with van der Waals surface area (Å²) >= 11 is 0. The van der Waals surface area contributed by atoms with Gasteiger partial charge in [0.15, 0.2) is 11.5 Å². The van der Waals surface area contributed by atoms with Crippen LogP contribution in [0, 0.1) is 23.7 Å². The van der Waals surface area contributed by atoms with Crippen molar-refractivity contribution >= 4 is 29.8 Å². The van der Waals surface area contributed by atoms with Gasteiger partial charge in [0.1, 0.15) is 23.0 Å². The maximum Gasteiger partial charge on any atom is 0.308 e. The standard InChI is InChI=1S/C31H40N2O7.3C14H19NO3/c1-3-5-14-33(40-15-4-2)28(34)19-32-18-24(22-10-12-26-23(17-22)13-16-37-26)29(31(35)36)25(32)11-9-21-7-6-8-27-30(21)39-20-38-27;3*1-9-13(14(16)17)12(8-15(9)2)10-4-6-11(18-3)7-5-10/h6-8,10,12,17,24-25,29H,3-5,9,11,13-16,18-20H2,1-2H3,(H,35,36);3*4-7,9,12-13H,8H2,1-3H3,(H,16,17)/t24-,25+,29-;3*9-,12+,13-/m1000/s1. The summed E-state index contributed by atoms with van der Waals surface area (Å²) in [6.45, 7) is 14.8. The summed E-state index contributed by atoms with van der Waals surface area (Å²) in [5, 5.41) is 40.2. The molecular weight excluding hydrogens is 1200 g/mol. The van der Waals surface area contributed by atoms with Gasteiger partial charge >= 0.3 is 23.9 Å². The van der Waals surface area contributed by atoms with E-state index < -0.39 is 29.8 Å². The van der Waals surface area contributed by atoms with Gasteiger partial charge in [-0.3, -0.25) is 33.7 Å². The normalized spacial score (nSPS) is 25.3. The number of likely N-dealkylation sites (tertiary alicyclic amines) is 4. The molecule has 12 atom stereocenters. The van der Waals surface area contributed by atoms with E-state index in [4.69, 9.17) is 33.3 Å². The van der Waals surface area contributed by atoms with E-state index in [0.29, 0.717) is 44.9 Å². The number of methoxy groups -OCH3 is 3. The number of fused-ring (bicyclic) bond motifs is 2. The van der Waals surface area contributed by atoms with Crippen LogP contribution >= 0.6 is 0 Å². The number of unbranched alkanes of at least 4 members (excludes halogenated alkanes) is 1. The van der Waals surface area contributed by atoms with Crippen LogP contribution < -0.4 is 28.4 Å². The lowest BCUT2D eigenvalue weighted by Crippen LogP contribution is -2.44. The van der Waals surface area contributed by atoms with Crippen molar-refractivity contribution in [2.45, 2.75) is 121 Å². The third kappa shape index (κ3) is 17.1. The smallest absolute Gasteiger partial charge is 0.308 e. The van der Waals surface area contributed by atoms with Crippen LogP contribution in [0.5, 0.6) is 34.5 Å². The summed E-state index contributed by atoms with van der Waals surface area (Å²) in [4.78, 5) is 74.8. The molecule has 21 heteroatoms. The molecule has 510 valence electrons. The lowest BCUT2D eigenvalue weighted by molar-refractivity contribution is -0.188. The first-order valence-electron chi connectivity index (χ1n) is 32.9. The summed E-state index contributed by atoms with van der Waals surface area (Å²) in [7, 11) is 10.8. The molecule has 5 aromatic carbocycles. The first-order valence-corrected chi connectivity index (χ1v) is 32.9. The maximum atomic E-state index is 13.5. The summed E-state index contributed by atoms with van der Waals surface area (Å²) < 4.78 is 32.3. The molecule has 0 radical (unpaired) electrons. The summed E-state index contributed by atoms with van der Waals surface area (Å²) in [5.74, 6) is -0.213. The first kappa shape index (κ1) is 71.9. The average molecular weight is 1300 g/mol. The summed E-state index contributed by atoms with van der Waals surface area (Å²) in [6, 6.07) is 34.8.